The Bertz CT molecular complexity index is 343. The number of hydrogen-bond acceptors (Lipinski definition) is 3. The van der Waals surface area contributed by atoms with Crippen molar-refractivity contribution in [1.29, 1.82) is 0 Å². The number of nitrogens with zero attached hydrogens (tertiary/aromatic N) is 1. The predicted molar refractivity (Wildman–Crippen MR) is 82.7 cm³/mol. The maximum Gasteiger partial charge on any atom is 0.0682 e. The predicted octanol–water partition coefficient (Wildman–Crippen LogP) is 3.66. The third-order valence-corrected chi connectivity index (χ3v) is 1.96. The van der Waals surface area contributed by atoms with Gasteiger partial charge in [0.05, 0.1) is 13.2 Å². The summed E-state index contributed by atoms with van der Waals surface area (Å²) in [4.78, 5) is 3.78. The largest absolute Gasteiger partial charge is 0.392 e. The molecule has 1 heterocycles. The summed E-state index contributed by atoms with van der Waals surface area (Å²) in [7, 11) is 0. The summed E-state index contributed by atoms with van der Waals surface area (Å²) in [6, 6.07) is 13.1. The molecule has 1 aromatic carbocycles. The van der Waals surface area contributed by atoms with E-state index in [2.05, 4.69) is 4.98 Å². The van der Waals surface area contributed by atoms with Crippen molar-refractivity contribution < 1.29 is 31.3 Å². The SMILES string of the molecule is C.C.C.OCc1ccccc1.OCc1ccncc1.[W]. The van der Waals surface area contributed by atoms with Gasteiger partial charge in [0, 0.05) is 33.5 Å². The van der Waals surface area contributed by atoms with Crippen LogP contribution < -0.4 is 0 Å². The first-order chi connectivity index (χ1) is 7.86. The second kappa shape index (κ2) is 18.0. The Labute approximate surface area is 138 Å². The molecule has 0 aliphatic heterocycles. The first-order valence-corrected chi connectivity index (χ1v) is 5.01. The minimum Gasteiger partial charge on any atom is -0.392 e. The second-order valence-corrected chi connectivity index (χ2v) is 3.16. The van der Waals surface area contributed by atoms with Crippen LogP contribution in [-0.2, 0) is 34.3 Å². The van der Waals surface area contributed by atoms with Crippen molar-refractivity contribution in [1.82, 2.24) is 4.98 Å². The molecular formula is C16H27NO2W. The monoisotopic (exact) mass is 449 g/mol. The van der Waals surface area contributed by atoms with Gasteiger partial charge in [0.1, 0.15) is 0 Å². The van der Waals surface area contributed by atoms with Crippen molar-refractivity contribution in [2.45, 2.75) is 35.5 Å². The molecule has 4 heteroatoms. The fourth-order valence-corrected chi connectivity index (χ4v) is 1.07. The van der Waals surface area contributed by atoms with Crippen molar-refractivity contribution in [3.8, 4) is 0 Å². The van der Waals surface area contributed by atoms with E-state index in [0.717, 1.165) is 11.1 Å². The summed E-state index contributed by atoms with van der Waals surface area (Å²) in [5.41, 5.74) is 1.87. The number of hydrogen-bond donors (Lipinski definition) is 2. The number of aliphatic hydroxyl groups excluding tert-OH is 2. The molecule has 0 radical (unpaired) electrons. The van der Waals surface area contributed by atoms with E-state index in [-0.39, 0.29) is 56.6 Å². The third-order valence-electron chi connectivity index (χ3n) is 1.96. The number of aliphatic hydroxyl groups is 2. The van der Waals surface area contributed by atoms with E-state index < -0.39 is 0 Å². The topological polar surface area (TPSA) is 53.4 Å². The Balaban J connectivity index is -0.000000107. The van der Waals surface area contributed by atoms with Gasteiger partial charge < -0.3 is 10.2 Å². The van der Waals surface area contributed by atoms with Crippen LogP contribution in [-0.4, -0.2) is 15.2 Å². The van der Waals surface area contributed by atoms with E-state index in [1.165, 1.54) is 0 Å². The first kappa shape index (κ1) is 27.3. The van der Waals surface area contributed by atoms with Crippen LogP contribution in [0, 0.1) is 0 Å². The van der Waals surface area contributed by atoms with Crippen molar-refractivity contribution >= 4 is 0 Å². The van der Waals surface area contributed by atoms with Crippen LogP contribution in [0.25, 0.3) is 0 Å². The molecule has 2 aromatic rings. The smallest absolute Gasteiger partial charge is 0.0682 e. The summed E-state index contributed by atoms with van der Waals surface area (Å²) in [6.07, 6.45) is 3.32. The molecule has 0 fully saturated rings. The van der Waals surface area contributed by atoms with Crippen LogP contribution in [0.4, 0.5) is 0 Å². The van der Waals surface area contributed by atoms with E-state index in [0.29, 0.717) is 0 Å². The maximum atomic E-state index is 8.54. The van der Waals surface area contributed by atoms with Crippen LogP contribution in [0.5, 0.6) is 0 Å². The number of pyridine rings is 1. The summed E-state index contributed by atoms with van der Waals surface area (Å²) in [5.74, 6) is 0. The molecule has 20 heavy (non-hydrogen) atoms. The van der Waals surface area contributed by atoms with Crippen LogP contribution >= 0.6 is 0 Å². The molecular weight excluding hydrogens is 422 g/mol. The van der Waals surface area contributed by atoms with Gasteiger partial charge in [0.25, 0.3) is 0 Å². The van der Waals surface area contributed by atoms with E-state index in [1.807, 2.05) is 30.3 Å². The van der Waals surface area contributed by atoms with Gasteiger partial charge in [-0.3, -0.25) is 4.98 Å². The summed E-state index contributed by atoms with van der Waals surface area (Å²) >= 11 is 0. The van der Waals surface area contributed by atoms with Gasteiger partial charge in [0.2, 0.25) is 0 Å². The molecule has 0 unspecified atom stereocenters. The summed E-state index contributed by atoms with van der Waals surface area (Å²) < 4.78 is 0. The first-order valence-electron chi connectivity index (χ1n) is 5.01. The quantitative estimate of drug-likeness (QED) is 0.736. The van der Waals surface area contributed by atoms with Crippen molar-refractivity contribution in [2.75, 3.05) is 0 Å². The Morgan fingerprint density at radius 1 is 0.700 bits per heavy atom. The van der Waals surface area contributed by atoms with Gasteiger partial charge in [-0.05, 0) is 23.3 Å². The molecule has 0 aliphatic rings. The van der Waals surface area contributed by atoms with Crippen molar-refractivity contribution in [2.24, 2.45) is 0 Å². The van der Waals surface area contributed by atoms with E-state index >= 15 is 0 Å². The van der Waals surface area contributed by atoms with Gasteiger partial charge in [-0.15, -0.1) is 0 Å². The Morgan fingerprint density at radius 2 is 1.10 bits per heavy atom. The zero-order chi connectivity index (χ0) is 11.6. The summed E-state index contributed by atoms with van der Waals surface area (Å²) in [6.45, 7) is 0.239. The summed E-state index contributed by atoms with van der Waals surface area (Å²) in [5, 5.41) is 17.0. The van der Waals surface area contributed by atoms with E-state index in [9.17, 15) is 0 Å². The van der Waals surface area contributed by atoms with Gasteiger partial charge in [-0.25, -0.2) is 0 Å². The molecule has 2 rings (SSSR count). The zero-order valence-corrected chi connectivity index (χ0v) is 12.3. The molecule has 1 aromatic heterocycles. The maximum absolute atomic E-state index is 8.54. The zero-order valence-electron chi connectivity index (χ0n) is 9.36. The molecule has 114 valence electrons. The second-order valence-electron chi connectivity index (χ2n) is 3.16. The minimum atomic E-state index is 0. The molecule has 0 saturated carbocycles. The molecule has 0 bridgehead atoms. The molecule has 3 nitrogen and oxygen atoms in total. The Kier molecular flexibility index (Phi) is 24.6. The van der Waals surface area contributed by atoms with Crippen LogP contribution in [0.15, 0.2) is 54.9 Å². The van der Waals surface area contributed by atoms with Crippen LogP contribution in [0.2, 0.25) is 0 Å². The molecule has 0 saturated heterocycles. The van der Waals surface area contributed by atoms with Crippen molar-refractivity contribution in [3.05, 3.63) is 66.0 Å². The number of aromatic nitrogens is 1. The van der Waals surface area contributed by atoms with Gasteiger partial charge >= 0.3 is 0 Å². The molecule has 2 N–H and O–H groups in total. The Hall–Kier alpha value is -1.02. The van der Waals surface area contributed by atoms with Gasteiger partial charge in [-0.1, -0.05) is 52.6 Å². The average Bonchev–Trinajstić information content (AvgIpc) is 2.41. The van der Waals surface area contributed by atoms with E-state index in [4.69, 9.17) is 10.2 Å². The fourth-order valence-electron chi connectivity index (χ4n) is 1.07. The standard InChI is InChI=1S/C7H8O.C6H7NO.3CH4.W/c8-6-7-4-2-1-3-5-7;8-5-6-1-3-7-4-2-6;;;;/h1-5,8H,6H2;1-4,8H,5H2;3*1H4;. The van der Waals surface area contributed by atoms with E-state index in [1.54, 1.807) is 24.5 Å². The Morgan fingerprint density at radius 3 is 1.40 bits per heavy atom. The molecule has 0 aliphatic carbocycles. The molecule has 0 atom stereocenters. The van der Waals surface area contributed by atoms with Gasteiger partial charge in [0.15, 0.2) is 0 Å². The van der Waals surface area contributed by atoms with Gasteiger partial charge in [-0.2, -0.15) is 0 Å². The molecule has 0 amide bonds. The average molecular weight is 449 g/mol. The van der Waals surface area contributed by atoms with Crippen LogP contribution in [0.1, 0.15) is 33.4 Å². The molecule has 0 spiro atoms. The fraction of sp³-hybridized carbons (Fsp3) is 0.312. The number of rotatable bonds is 2. The third kappa shape index (κ3) is 12.0. The number of benzene rings is 1. The normalized spacial score (nSPS) is 7.30. The minimum absolute atomic E-state index is 0. The van der Waals surface area contributed by atoms with Crippen LogP contribution in [0.3, 0.4) is 0 Å². The van der Waals surface area contributed by atoms with Crippen molar-refractivity contribution in [3.63, 3.8) is 0 Å².